The number of aliphatic hydroxyl groups is 1. The molecule has 17 heavy (non-hydrogen) atoms. The lowest BCUT2D eigenvalue weighted by molar-refractivity contribution is 0.0699. The summed E-state index contributed by atoms with van der Waals surface area (Å²) in [5.74, 6) is 2.42. The van der Waals surface area contributed by atoms with Crippen molar-refractivity contribution in [1.82, 2.24) is 14.9 Å². The molecule has 6 heteroatoms. The van der Waals surface area contributed by atoms with Crippen molar-refractivity contribution in [2.24, 2.45) is 0 Å². The highest BCUT2D eigenvalue weighted by Gasteiger charge is 2.30. The second-order valence-electron chi connectivity index (χ2n) is 4.02. The Labute approximate surface area is 105 Å². The zero-order valence-electron chi connectivity index (χ0n) is 10.0. The van der Waals surface area contributed by atoms with Crippen LogP contribution in [-0.2, 0) is 0 Å². The Morgan fingerprint density at radius 1 is 1.53 bits per heavy atom. The van der Waals surface area contributed by atoms with E-state index < -0.39 is 6.10 Å². The maximum atomic E-state index is 10.4. The fourth-order valence-corrected chi connectivity index (χ4v) is 3.18. The molecular weight excluding hydrogens is 238 g/mol. The predicted octanol–water partition coefficient (Wildman–Crippen LogP) is 0.566. The fraction of sp³-hybridized carbons (Fsp3) is 0.636. The van der Waals surface area contributed by atoms with Gasteiger partial charge >= 0.3 is 0 Å². The third-order valence-electron chi connectivity index (χ3n) is 2.97. The Morgan fingerprint density at radius 2 is 2.29 bits per heavy atom. The van der Waals surface area contributed by atoms with E-state index in [0.29, 0.717) is 11.6 Å². The Kier molecular flexibility index (Phi) is 4.20. The lowest BCUT2D eigenvalue weighted by Gasteiger charge is -2.35. The van der Waals surface area contributed by atoms with Crippen molar-refractivity contribution in [3.05, 3.63) is 18.1 Å². The van der Waals surface area contributed by atoms with E-state index in [1.807, 2.05) is 18.8 Å². The van der Waals surface area contributed by atoms with Gasteiger partial charge in [0, 0.05) is 30.4 Å². The number of hydrogen-bond acceptors (Lipinski definition) is 6. The third-order valence-corrected chi connectivity index (χ3v) is 4.02. The summed E-state index contributed by atoms with van der Waals surface area (Å²) in [7, 11) is 3.57. The van der Waals surface area contributed by atoms with Crippen LogP contribution in [0.3, 0.4) is 0 Å². The molecule has 0 aliphatic carbocycles. The highest BCUT2D eigenvalue weighted by Crippen LogP contribution is 2.29. The van der Waals surface area contributed by atoms with E-state index in [-0.39, 0.29) is 6.04 Å². The molecule has 1 aromatic rings. The van der Waals surface area contributed by atoms with Crippen LogP contribution in [-0.4, -0.2) is 58.2 Å². The first-order valence-electron chi connectivity index (χ1n) is 5.55. The summed E-state index contributed by atoms with van der Waals surface area (Å²) in [5.41, 5.74) is 0.523. The average Bonchev–Trinajstić information content (AvgIpc) is 2.38. The van der Waals surface area contributed by atoms with E-state index in [2.05, 4.69) is 14.9 Å². The predicted molar refractivity (Wildman–Crippen MR) is 67.3 cm³/mol. The molecule has 0 saturated carbocycles. The molecule has 1 aliphatic rings. The van der Waals surface area contributed by atoms with Gasteiger partial charge in [-0.3, -0.25) is 9.88 Å². The molecular formula is C11H17N3O2S. The highest BCUT2D eigenvalue weighted by atomic mass is 32.2. The van der Waals surface area contributed by atoms with Gasteiger partial charge in [0.05, 0.1) is 13.2 Å². The van der Waals surface area contributed by atoms with Gasteiger partial charge in [-0.2, -0.15) is 11.8 Å². The molecule has 2 unspecified atom stereocenters. The minimum absolute atomic E-state index is 0.0688. The quantitative estimate of drug-likeness (QED) is 0.852. The molecule has 0 radical (unpaired) electrons. The number of hydrogen-bond donors (Lipinski definition) is 1. The van der Waals surface area contributed by atoms with Gasteiger partial charge in [-0.15, -0.1) is 0 Å². The van der Waals surface area contributed by atoms with E-state index in [1.165, 1.54) is 0 Å². The molecule has 1 fully saturated rings. The summed E-state index contributed by atoms with van der Waals surface area (Å²) < 4.78 is 5.13. The minimum atomic E-state index is -0.656. The molecule has 0 amide bonds. The first kappa shape index (κ1) is 12.6. The van der Waals surface area contributed by atoms with Crippen molar-refractivity contribution < 1.29 is 9.84 Å². The van der Waals surface area contributed by atoms with Crippen LogP contribution in [0.25, 0.3) is 0 Å². The van der Waals surface area contributed by atoms with Crippen molar-refractivity contribution in [1.29, 1.82) is 0 Å². The van der Waals surface area contributed by atoms with Crippen molar-refractivity contribution >= 4 is 11.8 Å². The summed E-state index contributed by atoms with van der Waals surface area (Å²) in [6.07, 6.45) is 2.49. The zero-order valence-corrected chi connectivity index (χ0v) is 10.9. The molecule has 2 heterocycles. The highest BCUT2D eigenvalue weighted by molar-refractivity contribution is 7.99. The Hall–Kier alpha value is -0.850. The Bertz CT molecular complexity index is 377. The number of ether oxygens (including phenoxy) is 1. The molecule has 1 saturated heterocycles. The molecule has 1 aliphatic heterocycles. The summed E-state index contributed by atoms with van der Waals surface area (Å²) >= 11 is 1.85. The van der Waals surface area contributed by atoms with E-state index in [1.54, 1.807) is 19.5 Å². The summed E-state index contributed by atoms with van der Waals surface area (Å²) in [4.78, 5) is 10.4. The second kappa shape index (κ2) is 5.66. The van der Waals surface area contributed by atoms with E-state index in [9.17, 15) is 5.11 Å². The van der Waals surface area contributed by atoms with E-state index >= 15 is 0 Å². The number of methoxy groups -OCH3 is 1. The number of thioether (sulfide) groups is 1. The molecule has 5 nitrogen and oxygen atoms in total. The van der Waals surface area contributed by atoms with Crippen LogP contribution in [0.1, 0.15) is 11.8 Å². The van der Waals surface area contributed by atoms with Crippen LogP contribution in [0.2, 0.25) is 0 Å². The number of likely N-dealkylation sites (N-methyl/N-ethyl adjacent to an activating group) is 1. The van der Waals surface area contributed by atoms with Crippen LogP contribution in [0.15, 0.2) is 12.4 Å². The lowest BCUT2D eigenvalue weighted by atomic mass is 10.1. The first-order chi connectivity index (χ1) is 8.24. The fourth-order valence-electron chi connectivity index (χ4n) is 1.92. The van der Waals surface area contributed by atoms with E-state index in [4.69, 9.17) is 4.74 Å². The average molecular weight is 255 g/mol. The topological polar surface area (TPSA) is 58.5 Å². The monoisotopic (exact) mass is 255 g/mol. The normalized spacial score (nSPS) is 23.4. The van der Waals surface area contributed by atoms with Gasteiger partial charge in [-0.05, 0) is 7.05 Å². The summed E-state index contributed by atoms with van der Waals surface area (Å²) in [6, 6.07) is 0.0688. The molecule has 0 aromatic carbocycles. The molecule has 1 aromatic heterocycles. The molecule has 1 N–H and O–H groups in total. The van der Waals surface area contributed by atoms with Crippen LogP contribution < -0.4 is 4.74 Å². The largest absolute Gasteiger partial charge is 0.480 e. The Balaban J connectivity index is 2.20. The molecule has 2 rings (SSSR count). The number of nitrogens with zero attached hydrogens (tertiary/aromatic N) is 3. The van der Waals surface area contributed by atoms with E-state index in [0.717, 1.165) is 18.1 Å². The minimum Gasteiger partial charge on any atom is -0.480 e. The third kappa shape index (κ3) is 2.70. The van der Waals surface area contributed by atoms with Gasteiger partial charge in [-0.25, -0.2) is 4.98 Å². The smallest absolute Gasteiger partial charge is 0.238 e. The van der Waals surface area contributed by atoms with Gasteiger partial charge < -0.3 is 9.84 Å². The summed E-state index contributed by atoms with van der Waals surface area (Å²) in [5, 5.41) is 10.4. The lowest BCUT2D eigenvalue weighted by Crippen LogP contribution is -2.43. The molecule has 94 valence electrons. The van der Waals surface area contributed by atoms with Crippen LogP contribution in [0.5, 0.6) is 5.88 Å². The maximum Gasteiger partial charge on any atom is 0.238 e. The number of rotatable bonds is 3. The van der Waals surface area contributed by atoms with Crippen molar-refractivity contribution in [2.75, 3.05) is 32.2 Å². The van der Waals surface area contributed by atoms with Crippen LogP contribution in [0.4, 0.5) is 0 Å². The van der Waals surface area contributed by atoms with Gasteiger partial charge in [0.25, 0.3) is 0 Å². The number of aliphatic hydroxyl groups excluding tert-OH is 1. The molecule has 2 atom stereocenters. The number of aromatic nitrogens is 2. The van der Waals surface area contributed by atoms with Gasteiger partial charge in [0.2, 0.25) is 5.88 Å². The van der Waals surface area contributed by atoms with Gasteiger partial charge in [0.15, 0.2) is 0 Å². The first-order valence-corrected chi connectivity index (χ1v) is 6.70. The standard InChI is InChI=1S/C11H17N3O2S/c1-14-5-6-17-7-8(14)10(15)9-11(16-2)13-4-3-12-9/h3-4,8,10,15H,5-7H2,1-2H3. The van der Waals surface area contributed by atoms with Crippen molar-refractivity contribution in [3.63, 3.8) is 0 Å². The van der Waals surface area contributed by atoms with Gasteiger partial charge in [0.1, 0.15) is 11.8 Å². The molecule has 0 spiro atoms. The van der Waals surface area contributed by atoms with Crippen LogP contribution >= 0.6 is 11.8 Å². The maximum absolute atomic E-state index is 10.4. The Morgan fingerprint density at radius 3 is 3.00 bits per heavy atom. The zero-order chi connectivity index (χ0) is 12.3. The summed E-state index contributed by atoms with van der Waals surface area (Å²) in [6.45, 7) is 0.981. The van der Waals surface area contributed by atoms with Crippen LogP contribution in [0, 0.1) is 0 Å². The van der Waals surface area contributed by atoms with Crippen molar-refractivity contribution in [2.45, 2.75) is 12.1 Å². The molecule has 0 bridgehead atoms. The second-order valence-corrected chi connectivity index (χ2v) is 5.17. The SMILES string of the molecule is COc1nccnc1C(O)C1CSCCN1C. The van der Waals surface area contributed by atoms with Crippen molar-refractivity contribution in [3.8, 4) is 5.88 Å². The van der Waals surface area contributed by atoms with Gasteiger partial charge in [-0.1, -0.05) is 0 Å².